The molecular formula is C15H14N4OS. The first-order valence-corrected chi connectivity index (χ1v) is 7.23. The average Bonchev–Trinajstić information content (AvgIpc) is 2.91. The van der Waals surface area contributed by atoms with E-state index in [9.17, 15) is 4.79 Å². The minimum absolute atomic E-state index is 0.138. The highest BCUT2D eigenvalue weighted by Crippen LogP contribution is 2.32. The lowest BCUT2D eigenvalue weighted by molar-refractivity contribution is 0.0963. The summed E-state index contributed by atoms with van der Waals surface area (Å²) in [6.45, 7) is 0. The zero-order chi connectivity index (χ0) is 14.8. The number of nitrogens with two attached hydrogens (primary N) is 1. The number of benzene rings is 2. The molecule has 3 rings (SSSR count). The van der Waals surface area contributed by atoms with E-state index >= 15 is 0 Å². The molecule has 0 aliphatic heterocycles. The number of hydrogen-bond acceptors (Lipinski definition) is 4. The molecule has 1 aromatic heterocycles. The fourth-order valence-corrected chi connectivity index (χ4v) is 2.88. The van der Waals surface area contributed by atoms with E-state index in [2.05, 4.69) is 15.3 Å². The third kappa shape index (κ3) is 2.71. The predicted molar refractivity (Wildman–Crippen MR) is 84.5 cm³/mol. The van der Waals surface area contributed by atoms with Crippen LogP contribution in [-0.4, -0.2) is 22.9 Å². The van der Waals surface area contributed by atoms with Gasteiger partial charge >= 0.3 is 0 Å². The number of imidazole rings is 1. The van der Waals surface area contributed by atoms with Crippen molar-refractivity contribution in [2.45, 2.75) is 10.1 Å². The molecule has 0 aliphatic carbocycles. The van der Waals surface area contributed by atoms with Crippen molar-refractivity contribution < 1.29 is 4.79 Å². The van der Waals surface area contributed by atoms with Crippen LogP contribution >= 0.6 is 11.8 Å². The molecule has 2 aromatic carbocycles. The Morgan fingerprint density at radius 3 is 2.86 bits per heavy atom. The number of nitrogens with zero attached hydrogens (tertiary/aromatic N) is 1. The van der Waals surface area contributed by atoms with Crippen LogP contribution in [0, 0.1) is 0 Å². The van der Waals surface area contributed by atoms with Gasteiger partial charge in [0.1, 0.15) is 0 Å². The summed E-state index contributed by atoms with van der Waals surface area (Å²) in [6, 6.07) is 13.0. The van der Waals surface area contributed by atoms with Crippen molar-refractivity contribution in [2.24, 2.45) is 0 Å². The van der Waals surface area contributed by atoms with Crippen molar-refractivity contribution in [3.63, 3.8) is 0 Å². The molecule has 5 nitrogen and oxygen atoms in total. The number of hydrogen-bond donors (Lipinski definition) is 3. The van der Waals surface area contributed by atoms with Crippen molar-refractivity contribution in [3.05, 3.63) is 48.0 Å². The van der Waals surface area contributed by atoms with E-state index in [0.717, 1.165) is 21.1 Å². The summed E-state index contributed by atoms with van der Waals surface area (Å²) in [5, 5.41) is 3.35. The number of carbonyl (C=O) groups is 1. The first kappa shape index (κ1) is 13.5. The minimum Gasteiger partial charge on any atom is -0.398 e. The van der Waals surface area contributed by atoms with Gasteiger partial charge in [-0.1, -0.05) is 12.1 Å². The van der Waals surface area contributed by atoms with Gasteiger partial charge in [-0.25, -0.2) is 4.98 Å². The molecule has 3 aromatic rings. The summed E-state index contributed by atoms with van der Waals surface area (Å²) < 4.78 is 0. The molecule has 106 valence electrons. The van der Waals surface area contributed by atoms with E-state index < -0.39 is 0 Å². The van der Waals surface area contributed by atoms with Crippen molar-refractivity contribution in [1.29, 1.82) is 0 Å². The predicted octanol–water partition coefficient (Wildman–Crippen LogP) is 2.66. The molecule has 0 bridgehead atoms. The van der Waals surface area contributed by atoms with Gasteiger partial charge in [-0.3, -0.25) is 4.79 Å². The number of nitrogen functional groups attached to an aromatic ring is 1. The highest BCUT2D eigenvalue weighted by molar-refractivity contribution is 7.99. The van der Waals surface area contributed by atoms with Crippen molar-refractivity contribution in [3.8, 4) is 0 Å². The van der Waals surface area contributed by atoms with Crippen LogP contribution in [0.2, 0.25) is 0 Å². The molecule has 1 heterocycles. The second-order valence-corrected chi connectivity index (χ2v) is 5.52. The monoisotopic (exact) mass is 298 g/mol. The third-order valence-electron chi connectivity index (χ3n) is 3.08. The third-order valence-corrected chi connectivity index (χ3v) is 4.04. The number of para-hydroxylation sites is 2. The fraction of sp³-hybridized carbons (Fsp3) is 0.0667. The molecule has 6 heteroatoms. The molecule has 21 heavy (non-hydrogen) atoms. The minimum atomic E-state index is -0.138. The van der Waals surface area contributed by atoms with Gasteiger partial charge in [-0.05, 0) is 42.1 Å². The van der Waals surface area contributed by atoms with Gasteiger partial charge < -0.3 is 16.0 Å². The molecule has 0 saturated carbocycles. The number of aromatic nitrogens is 2. The number of carbonyl (C=O) groups excluding carboxylic acids is 1. The first-order chi connectivity index (χ1) is 10.2. The largest absolute Gasteiger partial charge is 0.398 e. The van der Waals surface area contributed by atoms with Gasteiger partial charge in [0.05, 0.1) is 11.0 Å². The van der Waals surface area contributed by atoms with Gasteiger partial charge in [0.15, 0.2) is 5.16 Å². The lowest BCUT2D eigenvalue weighted by atomic mass is 10.2. The number of fused-ring (bicyclic) bond motifs is 1. The Hall–Kier alpha value is -2.47. The zero-order valence-electron chi connectivity index (χ0n) is 11.4. The number of nitrogens with one attached hydrogen (secondary N) is 2. The van der Waals surface area contributed by atoms with Crippen LogP contribution in [0.25, 0.3) is 11.0 Å². The van der Waals surface area contributed by atoms with Gasteiger partial charge in [0, 0.05) is 23.2 Å². The second kappa shape index (κ2) is 5.49. The van der Waals surface area contributed by atoms with Crippen LogP contribution in [0.5, 0.6) is 0 Å². The van der Waals surface area contributed by atoms with Gasteiger partial charge in [-0.2, -0.15) is 0 Å². The summed E-state index contributed by atoms with van der Waals surface area (Å²) in [6.07, 6.45) is 0. The summed E-state index contributed by atoms with van der Waals surface area (Å²) >= 11 is 1.41. The Morgan fingerprint density at radius 1 is 1.29 bits per heavy atom. The highest BCUT2D eigenvalue weighted by Gasteiger charge is 2.10. The zero-order valence-corrected chi connectivity index (χ0v) is 12.2. The molecule has 0 saturated heterocycles. The maximum atomic E-state index is 11.7. The number of amides is 1. The summed E-state index contributed by atoms with van der Waals surface area (Å²) in [7, 11) is 1.60. The molecule has 0 atom stereocenters. The van der Waals surface area contributed by atoms with Gasteiger partial charge in [-0.15, -0.1) is 0 Å². The number of H-pyrrole nitrogens is 1. The van der Waals surface area contributed by atoms with E-state index in [1.807, 2.05) is 24.3 Å². The van der Waals surface area contributed by atoms with Crippen molar-refractivity contribution in [2.75, 3.05) is 12.8 Å². The van der Waals surface area contributed by atoms with E-state index in [1.54, 1.807) is 25.2 Å². The van der Waals surface area contributed by atoms with Crippen LogP contribution in [0.1, 0.15) is 10.4 Å². The summed E-state index contributed by atoms with van der Waals surface area (Å²) in [5.41, 5.74) is 9.05. The molecule has 0 unspecified atom stereocenters. The van der Waals surface area contributed by atoms with Gasteiger partial charge in [0.25, 0.3) is 5.91 Å². The maximum Gasteiger partial charge on any atom is 0.251 e. The Labute approximate surface area is 126 Å². The Morgan fingerprint density at radius 2 is 2.10 bits per heavy atom. The number of anilines is 1. The standard InChI is InChI=1S/C15H14N4OS/c1-17-14(20)9-6-7-10(16)13(8-9)21-15-18-11-4-2-3-5-12(11)19-15/h2-8H,16H2,1H3,(H,17,20)(H,18,19). The molecule has 4 N–H and O–H groups in total. The molecule has 0 radical (unpaired) electrons. The fourth-order valence-electron chi connectivity index (χ4n) is 1.99. The van der Waals surface area contributed by atoms with Gasteiger partial charge in [0.2, 0.25) is 0 Å². The Balaban J connectivity index is 1.94. The number of aromatic amines is 1. The lowest BCUT2D eigenvalue weighted by Crippen LogP contribution is -2.17. The molecular weight excluding hydrogens is 284 g/mol. The van der Waals surface area contributed by atoms with E-state index in [0.29, 0.717) is 11.3 Å². The molecule has 0 aliphatic rings. The second-order valence-electron chi connectivity index (χ2n) is 4.49. The van der Waals surface area contributed by atoms with E-state index in [4.69, 9.17) is 5.73 Å². The number of rotatable bonds is 3. The SMILES string of the molecule is CNC(=O)c1ccc(N)c(Sc2nc3ccccc3[nH]2)c1. The quantitative estimate of drug-likeness (QED) is 0.649. The highest BCUT2D eigenvalue weighted by atomic mass is 32.2. The average molecular weight is 298 g/mol. The maximum absolute atomic E-state index is 11.7. The summed E-state index contributed by atoms with van der Waals surface area (Å²) in [5.74, 6) is -0.138. The van der Waals surface area contributed by atoms with Crippen LogP contribution in [0.4, 0.5) is 5.69 Å². The molecule has 0 spiro atoms. The van der Waals surface area contributed by atoms with Crippen LogP contribution in [0.3, 0.4) is 0 Å². The smallest absolute Gasteiger partial charge is 0.251 e. The van der Waals surface area contributed by atoms with Crippen LogP contribution < -0.4 is 11.1 Å². The Kier molecular flexibility index (Phi) is 3.53. The summed E-state index contributed by atoms with van der Waals surface area (Å²) in [4.78, 5) is 20.2. The normalized spacial score (nSPS) is 10.7. The van der Waals surface area contributed by atoms with Crippen LogP contribution in [0.15, 0.2) is 52.5 Å². The van der Waals surface area contributed by atoms with Crippen LogP contribution in [-0.2, 0) is 0 Å². The Bertz CT molecular complexity index is 779. The van der Waals surface area contributed by atoms with E-state index in [-0.39, 0.29) is 5.91 Å². The van der Waals surface area contributed by atoms with Crippen molar-refractivity contribution in [1.82, 2.24) is 15.3 Å². The molecule has 1 amide bonds. The van der Waals surface area contributed by atoms with Crippen molar-refractivity contribution >= 4 is 34.4 Å². The lowest BCUT2D eigenvalue weighted by Gasteiger charge is -2.06. The topological polar surface area (TPSA) is 83.8 Å². The van der Waals surface area contributed by atoms with E-state index in [1.165, 1.54) is 11.8 Å². The molecule has 0 fully saturated rings. The first-order valence-electron chi connectivity index (χ1n) is 6.41.